The largest absolute Gasteiger partial charge is 0.477 e. The Morgan fingerprint density at radius 2 is 1.00 bits per heavy atom. The average Bonchev–Trinajstić information content (AvgIpc) is 3.08. The first-order valence-corrected chi connectivity index (χ1v) is 18.7. The zero-order chi connectivity index (χ0) is 32.4. The van der Waals surface area contributed by atoms with Gasteiger partial charge in [-0.2, -0.15) is 8.78 Å². The second-order valence-corrected chi connectivity index (χ2v) is 15.1. The lowest BCUT2D eigenvalue weighted by molar-refractivity contribution is -0.416. The van der Waals surface area contributed by atoms with Crippen molar-refractivity contribution in [1.82, 2.24) is 0 Å². The molecule has 4 saturated carbocycles. The summed E-state index contributed by atoms with van der Waals surface area (Å²) < 4.78 is 63.0. The number of carbonyl (C=O) groups is 1. The van der Waals surface area contributed by atoms with Crippen LogP contribution in [-0.2, 0) is 28.5 Å². The van der Waals surface area contributed by atoms with Gasteiger partial charge in [-0.15, -0.1) is 0 Å². The molecule has 2 N–H and O–H groups in total. The average molecular weight is 659 g/mol. The Morgan fingerprint density at radius 1 is 0.609 bits per heavy atom. The van der Waals surface area contributed by atoms with Crippen LogP contribution in [0.3, 0.4) is 0 Å². The van der Waals surface area contributed by atoms with Crippen molar-refractivity contribution in [2.45, 2.75) is 165 Å². The van der Waals surface area contributed by atoms with Gasteiger partial charge in [0, 0.05) is 6.61 Å². The van der Waals surface area contributed by atoms with Crippen LogP contribution in [0.25, 0.3) is 0 Å². The summed E-state index contributed by atoms with van der Waals surface area (Å²) in [5.74, 6) is -9.49. The highest BCUT2D eigenvalue weighted by Gasteiger charge is 2.71. The van der Waals surface area contributed by atoms with Gasteiger partial charge < -0.3 is 33.9 Å². The summed E-state index contributed by atoms with van der Waals surface area (Å²) in [6.07, 6.45) is 16.5. The SMILES string of the molecule is O=C(O)C(F)(F)[C@]1(O)O[C@H](COCC2CCCCC2)[C@H](OCC2CCCCC2)[C@H](OCC2CCCCC2)[C@H]1OCC1CCCCC1. The Balaban J connectivity index is 1.43. The smallest absolute Gasteiger partial charge is 0.397 e. The Hall–Kier alpha value is -0.910. The number of alkyl halides is 2. The van der Waals surface area contributed by atoms with E-state index >= 15 is 8.78 Å². The molecule has 0 amide bonds. The number of carboxylic acids is 1. The standard InChI is InChI=1S/C36H60F2O8/c37-35(38,34(39)40)36(41)33(45-24-29-19-11-4-12-20-29)32(44-23-28-17-9-3-10-18-28)31(43-22-27-15-7-2-8-16-27)30(46-36)25-42-21-26-13-5-1-6-14-26/h26-33,41H,1-25H2,(H,39,40)/t30-,31+,32+,33-,36-/m1/s1. The maximum Gasteiger partial charge on any atom is 0.397 e. The van der Waals surface area contributed by atoms with Gasteiger partial charge in [-0.05, 0) is 75.0 Å². The van der Waals surface area contributed by atoms with Crippen LogP contribution < -0.4 is 0 Å². The van der Waals surface area contributed by atoms with Crippen LogP contribution >= 0.6 is 0 Å². The number of carboxylic acid groups (broad SMARTS) is 1. The second-order valence-electron chi connectivity index (χ2n) is 15.1. The molecule has 5 atom stereocenters. The molecule has 266 valence electrons. The third-order valence-electron chi connectivity index (χ3n) is 11.5. The molecule has 5 aliphatic rings. The van der Waals surface area contributed by atoms with Crippen molar-refractivity contribution in [3.05, 3.63) is 0 Å². The van der Waals surface area contributed by atoms with E-state index < -0.39 is 42.1 Å². The van der Waals surface area contributed by atoms with E-state index in [-0.39, 0.29) is 25.0 Å². The van der Waals surface area contributed by atoms with E-state index in [1.165, 1.54) is 19.3 Å². The second kappa shape index (κ2) is 17.7. The first kappa shape index (κ1) is 36.4. The van der Waals surface area contributed by atoms with E-state index in [4.69, 9.17) is 23.7 Å². The third kappa shape index (κ3) is 9.41. The zero-order valence-electron chi connectivity index (χ0n) is 27.9. The number of rotatable bonds is 15. The first-order valence-electron chi connectivity index (χ1n) is 18.7. The molecule has 5 fully saturated rings. The van der Waals surface area contributed by atoms with E-state index in [0.29, 0.717) is 31.7 Å². The van der Waals surface area contributed by atoms with E-state index in [2.05, 4.69) is 0 Å². The van der Waals surface area contributed by atoms with Crippen LogP contribution in [0.5, 0.6) is 0 Å². The molecule has 0 unspecified atom stereocenters. The first-order chi connectivity index (χ1) is 22.3. The number of aliphatic carboxylic acids is 1. The predicted molar refractivity (Wildman–Crippen MR) is 169 cm³/mol. The molecule has 46 heavy (non-hydrogen) atoms. The Labute approximate surface area is 274 Å². The van der Waals surface area contributed by atoms with Gasteiger partial charge in [-0.25, -0.2) is 4.79 Å². The van der Waals surface area contributed by atoms with Crippen LogP contribution in [0.15, 0.2) is 0 Å². The van der Waals surface area contributed by atoms with Crippen molar-refractivity contribution < 1.29 is 47.5 Å². The van der Waals surface area contributed by atoms with Gasteiger partial charge in [-0.1, -0.05) is 77.0 Å². The van der Waals surface area contributed by atoms with Gasteiger partial charge in [0.15, 0.2) is 0 Å². The summed E-state index contributed by atoms with van der Waals surface area (Å²) in [5, 5.41) is 21.6. The number of halogens is 2. The lowest BCUT2D eigenvalue weighted by Crippen LogP contribution is -2.74. The normalized spacial score (nSPS) is 33.3. The third-order valence-corrected chi connectivity index (χ3v) is 11.5. The zero-order valence-corrected chi connectivity index (χ0v) is 27.9. The van der Waals surface area contributed by atoms with Crippen LogP contribution in [0.1, 0.15) is 128 Å². The molecule has 1 aliphatic heterocycles. The summed E-state index contributed by atoms with van der Waals surface area (Å²) in [6, 6.07) is 0. The fourth-order valence-corrected chi connectivity index (χ4v) is 8.60. The van der Waals surface area contributed by atoms with Crippen LogP contribution in [0.2, 0.25) is 0 Å². The Kier molecular flexibility index (Phi) is 14.0. The molecule has 1 saturated heterocycles. The fourth-order valence-electron chi connectivity index (χ4n) is 8.60. The van der Waals surface area contributed by atoms with Crippen LogP contribution in [0.4, 0.5) is 8.78 Å². The molecule has 4 aliphatic carbocycles. The minimum atomic E-state index is -4.66. The van der Waals surface area contributed by atoms with Crippen molar-refractivity contribution in [1.29, 1.82) is 0 Å². The van der Waals surface area contributed by atoms with Crippen molar-refractivity contribution in [2.75, 3.05) is 33.0 Å². The maximum absolute atomic E-state index is 15.8. The molecule has 0 aromatic carbocycles. The molecule has 0 aromatic heterocycles. The van der Waals surface area contributed by atoms with Crippen molar-refractivity contribution >= 4 is 5.97 Å². The highest BCUT2D eigenvalue weighted by atomic mass is 19.3. The lowest BCUT2D eigenvalue weighted by Gasteiger charge is -2.52. The molecule has 8 nitrogen and oxygen atoms in total. The summed E-state index contributed by atoms with van der Waals surface area (Å²) in [5.41, 5.74) is 0. The number of hydrogen-bond acceptors (Lipinski definition) is 7. The van der Waals surface area contributed by atoms with Gasteiger partial charge >= 0.3 is 11.9 Å². The molecule has 0 bridgehead atoms. The highest BCUT2D eigenvalue weighted by Crippen LogP contribution is 2.44. The van der Waals surface area contributed by atoms with Gasteiger partial charge in [0.05, 0.1) is 26.4 Å². The molecular formula is C36H60F2O8. The minimum absolute atomic E-state index is 0.109. The fraction of sp³-hybridized carbons (Fsp3) is 0.972. The molecule has 0 aromatic rings. The highest BCUT2D eigenvalue weighted by molar-refractivity contribution is 5.77. The summed E-state index contributed by atoms with van der Waals surface area (Å²) in [4.78, 5) is 12.1. The van der Waals surface area contributed by atoms with Gasteiger partial charge in [0.2, 0.25) is 0 Å². The molecule has 10 heteroatoms. The van der Waals surface area contributed by atoms with E-state index in [9.17, 15) is 15.0 Å². The maximum atomic E-state index is 15.8. The van der Waals surface area contributed by atoms with Gasteiger partial charge in [0.25, 0.3) is 5.79 Å². The van der Waals surface area contributed by atoms with E-state index in [0.717, 1.165) is 109 Å². The summed E-state index contributed by atoms with van der Waals surface area (Å²) >= 11 is 0. The number of aliphatic hydroxyl groups is 1. The monoisotopic (exact) mass is 658 g/mol. The van der Waals surface area contributed by atoms with Gasteiger partial charge in [-0.3, -0.25) is 0 Å². The van der Waals surface area contributed by atoms with Crippen LogP contribution in [-0.4, -0.2) is 85.3 Å². The minimum Gasteiger partial charge on any atom is -0.477 e. The predicted octanol–water partition coefficient (Wildman–Crippen LogP) is 7.29. The molecule has 0 spiro atoms. The Bertz CT molecular complexity index is 898. The van der Waals surface area contributed by atoms with Crippen molar-refractivity contribution in [2.24, 2.45) is 23.7 Å². The van der Waals surface area contributed by atoms with Crippen molar-refractivity contribution in [3.8, 4) is 0 Å². The quantitative estimate of drug-likeness (QED) is 0.189. The van der Waals surface area contributed by atoms with Crippen molar-refractivity contribution in [3.63, 3.8) is 0 Å². The molecule has 1 heterocycles. The molecule has 0 radical (unpaired) electrons. The number of hydrogen-bond donors (Lipinski definition) is 2. The lowest BCUT2D eigenvalue weighted by atomic mass is 9.86. The van der Waals surface area contributed by atoms with Crippen LogP contribution in [0, 0.1) is 23.7 Å². The molecular weight excluding hydrogens is 598 g/mol. The Morgan fingerprint density at radius 3 is 1.43 bits per heavy atom. The summed E-state index contributed by atoms with van der Waals surface area (Å²) in [7, 11) is 0. The number of ether oxygens (including phenoxy) is 5. The van der Waals surface area contributed by atoms with E-state index in [1.807, 2.05) is 0 Å². The van der Waals surface area contributed by atoms with E-state index in [1.54, 1.807) is 0 Å². The molecule has 5 rings (SSSR count). The topological polar surface area (TPSA) is 104 Å². The van der Waals surface area contributed by atoms with Gasteiger partial charge in [0.1, 0.15) is 24.4 Å². The summed E-state index contributed by atoms with van der Waals surface area (Å²) in [6.45, 7) is 1.19.